The van der Waals surface area contributed by atoms with E-state index in [-0.39, 0.29) is 22.9 Å². The van der Waals surface area contributed by atoms with Crippen LogP contribution in [0.1, 0.15) is 19.4 Å². The lowest BCUT2D eigenvalue weighted by Crippen LogP contribution is -2.31. The molecule has 10 heteroatoms. The second kappa shape index (κ2) is 8.77. The van der Waals surface area contributed by atoms with Crippen LogP contribution in [0.2, 0.25) is 0 Å². The van der Waals surface area contributed by atoms with Gasteiger partial charge in [0.1, 0.15) is 18.2 Å². The summed E-state index contributed by atoms with van der Waals surface area (Å²) in [5.41, 5.74) is 2.15. The number of halogens is 1. The summed E-state index contributed by atoms with van der Waals surface area (Å²) in [6.45, 7) is 4.87. The summed E-state index contributed by atoms with van der Waals surface area (Å²) < 4.78 is 44.3. The number of ether oxygens (including phenoxy) is 1. The number of aryl methyl sites for hydroxylation is 1. The number of carboxylic acid groups (broad SMARTS) is 1. The second-order valence-corrected chi connectivity index (χ2v) is 11.1. The lowest BCUT2D eigenvalue weighted by atomic mass is 9.95. The molecule has 0 bridgehead atoms. The molecule has 0 aliphatic carbocycles. The van der Waals surface area contributed by atoms with Gasteiger partial charge in [-0.15, -0.1) is 0 Å². The number of nitrogens with one attached hydrogen (secondary N) is 1. The van der Waals surface area contributed by atoms with E-state index in [4.69, 9.17) is 4.74 Å². The maximum absolute atomic E-state index is 15.1. The number of benzene rings is 2. The number of aromatic nitrogens is 3. The smallest absolute Gasteiger partial charge is 0.312 e. The van der Waals surface area contributed by atoms with E-state index in [9.17, 15) is 18.3 Å². The highest BCUT2D eigenvalue weighted by Gasteiger charge is 2.28. The molecule has 0 atom stereocenters. The first-order chi connectivity index (χ1) is 16.3. The van der Waals surface area contributed by atoms with Crippen molar-refractivity contribution in [2.24, 2.45) is 5.41 Å². The van der Waals surface area contributed by atoms with Crippen LogP contribution in [0.15, 0.2) is 53.6 Å². The van der Waals surface area contributed by atoms with Crippen LogP contribution in [0, 0.1) is 18.2 Å². The molecule has 0 spiro atoms. The van der Waals surface area contributed by atoms with E-state index in [0.29, 0.717) is 33.6 Å². The SMILES string of the molecule is Cc1cc(-c2ccc(-c3nc4cc(S(C)(=O)=O)ccc4[nH]3)c(F)c2)cnc1OCC(C)(C)C(=O)O. The topological polar surface area (TPSA) is 122 Å². The average molecular weight is 498 g/mol. The molecule has 35 heavy (non-hydrogen) atoms. The third-order valence-corrected chi connectivity index (χ3v) is 6.73. The molecule has 0 saturated heterocycles. The zero-order valence-corrected chi connectivity index (χ0v) is 20.4. The number of hydrogen-bond donors (Lipinski definition) is 2. The number of H-pyrrole nitrogens is 1. The molecular formula is C25H24FN3O5S. The molecule has 2 heterocycles. The van der Waals surface area contributed by atoms with Crippen molar-refractivity contribution in [1.29, 1.82) is 0 Å². The van der Waals surface area contributed by atoms with Crippen molar-refractivity contribution in [3.8, 4) is 28.4 Å². The Kier molecular flexibility index (Phi) is 6.10. The Morgan fingerprint density at radius 3 is 2.51 bits per heavy atom. The number of sulfone groups is 1. The molecular weight excluding hydrogens is 473 g/mol. The highest BCUT2D eigenvalue weighted by molar-refractivity contribution is 7.90. The fraction of sp³-hybridized carbons (Fsp3) is 0.240. The first-order valence-corrected chi connectivity index (χ1v) is 12.6. The van der Waals surface area contributed by atoms with Crippen LogP contribution in [0.3, 0.4) is 0 Å². The number of hydrogen-bond acceptors (Lipinski definition) is 6. The Hall–Kier alpha value is -3.79. The number of nitrogens with zero attached hydrogens (tertiary/aromatic N) is 2. The summed E-state index contributed by atoms with van der Waals surface area (Å²) >= 11 is 0. The van der Waals surface area contributed by atoms with Gasteiger partial charge < -0.3 is 14.8 Å². The molecule has 4 aromatic rings. The third-order valence-electron chi connectivity index (χ3n) is 5.62. The number of pyridine rings is 1. The number of aromatic amines is 1. The van der Waals surface area contributed by atoms with Gasteiger partial charge in [0, 0.05) is 23.6 Å². The van der Waals surface area contributed by atoms with E-state index in [0.717, 1.165) is 6.26 Å². The van der Waals surface area contributed by atoms with Gasteiger partial charge in [0.15, 0.2) is 9.84 Å². The van der Waals surface area contributed by atoms with Crippen LogP contribution in [0.25, 0.3) is 33.5 Å². The zero-order valence-electron chi connectivity index (χ0n) is 19.6. The molecule has 0 aliphatic heterocycles. The average Bonchev–Trinajstić information content (AvgIpc) is 3.20. The molecule has 8 nitrogen and oxygen atoms in total. The van der Waals surface area contributed by atoms with Crippen molar-refractivity contribution in [3.63, 3.8) is 0 Å². The molecule has 0 saturated carbocycles. The van der Waals surface area contributed by atoms with Crippen molar-refractivity contribution < 1.29 is 27.4 Å². The van der Waals surface area contributed by atoms with E-state index in [1.54, 1.807) is 51.2 Å². The van der Waals surface area contributed by atoms with Crippen LogP contribution < -0.4 is 4.74 Å². The molecule has 0 fully saturated rings. The van der Waals surface area contributed by atoms with Gasteiger partial charge in [-0.25, -0.2) is 22.8 Å². The van der Waals surface area contributed by atoms with Gasteiger partial charge in [-0.2, -0.15) is 0 Å². The molecule has 0 unspecified atom stereocenters. The number of imidazole rings is 1. The minimum absolute atomic E-state index is 0.0397. The summed E-state index contributed by atoms with van der Waals surface area (Å²) in [6.07, 6.45) is 2.66. The van der Waals surface area contributed by atoms with Crippen LogP contribution in [0.4, 0.5) is 4.39 Å². The van der Waals surface area contributed by atoms with Crippen molar-refractivity contribution >= 4 is 26.8 Å². The molecule has 2 N–H and O–H groups in total. The van der Waals surface area contributed by atoms with Gasteiger partial charge in [0.25, 0.3) is 0 Å². The summed E-state index contributed by atoms with van der Waals surface area (Å²) in [5, 5.41) is 9.23. The molecule has 4 rings (SSSR count). The number of fused-ring (bicyclic) bond motifs is 1. The molecule has 182 valence electrons. The van der Waals surface area contributed by atoms with Crippen LogP contribution in [-0.2, 0) is 14.6 Å². The van der Waals surface area contributed by atoms with Crippen molar-refractivity contribution in [1.82, 2.24) is 15.0 Å². The van der Waals surface area contributed by atoms with E-state index in [2.05, 4.69) is 15.0 Å². The van der Waals surface area contributed by atoms with Crippen molar-refractivity contribution in [3.05, 3.63) is 60.0 Å². The summed E-state index contributed by atoms with van der Waals surface area (Å²) in [6, 6.07) is 11.0. The third kappa shape index (κ3) is 5.02. The second-order valence-electron chi connectivity index (χ2n) is 9.05. The lowest BCUT2D eigenvalue weighted by molar-refractivity contribution is -0.148. The van der Waals surface area contributed by atoms with E-state index in [1.165, 1.54) is 18.2 Å². The van der Waals surface area contributed by atoms with Gasteiger partial charge in [0.05, 0.1) is 26.9 Å². The Balaban J connectivity index is 1.60. The highest BCUT2D eigenvalue weighted by Crippen LogP contribution is 2.30. The summed E-state index contributed by atoms with van der Waals surface area (Å²) in [7, 11) is -3.38. The number of aliphatic carboxylic acids is 1. The van der Waals surface area contributed by atoms with Gasteiger partial charge in [-0.1, -0.05) is 6.07 Å². The van der Waals surface area contributed by atoms with Gasteiger partial charge >= 0.3 is 5.97 Å². The maximum atomic E-state index is 15.1. The van der Waals surface area contributed by atoms with Crippen LogP contribution in [-0.4, -0.2) is 47.3 Å². The molecule has 0 amide bonds. The normalized spacial score (nSPS) is 12.1. The fourth-order valence-corrected chi connectivity index (χ4v) is 4.05. The van der Waals surface area contributed by atoms with Crippen LogP contribution >= 0.6 is 0 Å². The minimum atomic E-state index is -3.38. The summed E-state index contributed by atoms with van der Waals surface area (Å²) in [4.78, 5) is 23.1. The van der Waals surface area contributed by atoms with E-state index in [1.807, 2.05) is 0 Å². The largest absolute Gasteiger partial charge is 0.481 e. The molecule has 0 aliphatic rings. The number of carbonyl (C=O) groups is 1. The van der Waals surface area contributed by atoms with Gasteiger partial charge in [-0.3, -0.25) is 4.79 Å². The molecule has 0 radical (unpaired) electrons. The Labute approximate surface area is 201 Å². The molecule has 2 aromatic heterocycles. The van der Waals surface area contributed by atoms with Crippen molar-refractivity contribution in [2.45, 2.75) is 25.7 Å². The monoisotopic (exact) mass is 497 g/mol. The first-order valence-electron chi connectivity index (χ1n) is 10.7. The quantitative estimate of drug-likeness (QED) is 0.382. The van der Waals surface area contributed by atoms with E-state index >= 15 is 4.39 Å². The Morgan fingerprint density at radius 1 is 1.14 bits per heavy atom. The Morgan fingerprint density at radius 2 is 1.89 bits per heavy atom. The van der Waals surface area contributed by atoms with Gasteiger partial charge in [0.2, 0.25) is 5.88 Å². The first kappa shape index (κ1) is 24.3. The highest BCUT2D eigenvalue weighted by atomic mass is 32.2. The number of carboxylic acids is 1. The predicted octanol–water partition coefficient (Wildman–Crippen LogP) is 4.63. The maximum Gasteiger partial charge on any atom is 0.312 e. The molecule has 2 aromatic carbocycles. The Bertz CT molecular complexity index is 1560. The standard InChI is InChI=1S/C25H24FN3O5S/c1-14-9-16(12-27-23(14)34-13-25(2,3)24(30)31)15-5-7-18(19(26)10-15)22-28-20-8-6-17(35(4,32)33)11-21(20)29-22/h5-12H,13H2,1-4H3,(H,28,29)(H,30,31). The zero-order chi connectivity index (χ0) is 25.5. The minimum Gasteiger partial charge on any atom is -0.481 e. The fourth-order valence-electron chi connectivity index (χ4n) is 3.41. The predicted molar refractivity (Wildman–Crippen MR) is 129 cm³/mol. The summed E-state index contributed by atoms with van der Waals surface area (Å²) in [5.74, 6) is -0.876. The van der Waals surface area contributed by atoms with E-state index < -0.39 is 27.0 Å². The van der Waals surface area contributed by atoms with Crippen molar-refractivity contribution in [2.75, 3.05) is 12.9 Å². The van der Waals surface area contributed by atoms with Gasteiger partial charge in [-0.05, 0) is 62.7 Å². The van der Waals surface area contributed by atoms with Crippen LogP contribution in [0.5, 0.6) is 5.88 Å². The number of rotatable bonds is 7. The lowest BCUT2D eigenvalue weighted by Gasteiger charge is -2.19.